The third kappa shape index (κ3) is 17.6. The van der Waals surface area contributed by atoms with Crippen molar-refractivity contribution in [3.05, 3.63) is 24.3 Å². The molecule has 0 aliphatic carbocycles. The van der Waals surface area contributed by atoms with Gasteiger partial charge in [0.25, 0.3) is 0 Å². The van der Waals surface area contributed by atoms with Crippen molar-refractivity contribution in [1.82, 2.24) is 0 Å². The second-order valence-electron chi connectivity index (χ2n) is 10.3. The first-order chi connectivity index (χ1) is 20.1. The second kappa shape index (κ2) is 23.0. The number of carbonyl (C=O) groups is 1. The average molecular weight is 625 g/mol. The molecule has 1 aliphatic rings. The molecule has 246 valence electrons. The quantitative estimate of drug-likeness (QED) is 0.0533. The minimum absolute atomic E-state index is 0.0231. The van der Waals surface area contributed by atoms with Crippen LogP contribution in [0.15, 0.2) is 24.3 Å². The number of rotatable bonds is 24. The number of hydrogen-bond acceptors (Lipinski definition) is 11. The molecule has 1 heterocycles. The highest BCUT2D eigenvalue weighted by Crippen LogP contribution is 2.25. The Labute approximate surface area is 251 Å². The lowest BCUT2D eigenvalue weighted by atomic mass is 9.99. The fourth-order valence-corrected chi connectivity index (χ4v) is 4.78. The smallest absolute Gasteiger partial charge is 0.397 e. The molecular weight excluding hydrogens is 572 g/mol. The zero-order valence-corrected chi connectivity index (χ0v) is 25.9. The standard InChI is InChI=1S/C29H52O12S/c1-3-5-6-7-8-9-10-11-12-13-14-15-16-17-19-37-21-23(39-25(31)18-4-2)22-38-29-27(33)28(41-42(34,35)36)26(32)24(20-30)40-29/h6-7,9-10,23-24,26-30,32-33H,3-5,8,11-22H2,1-2H3,(H,34,35,36)/b7-6-,10-9-. The van der Waals surface area contributed by atoms with E-state index in [1.54, 1.807) is 0 Å². The largest absolute Gasteiger partial charge is 0.457 e. The van der Waals surface area contributed by atoms with Crippen LogP contribution in [0.4, 0.5) is 0 Å². The summed E-state index contributed by atoms with van der Waals surface area (Å²) in [5, 5.41) is 30.1. The lowest BCUT2D eigenvalue weighted by molar-refractivity contribution is -0.301. The minimum atomic E-state index is -5.04. The van der Waals surface area contributed by atoms with Gasteiger partial charge in [0.1, 0.15) is 30.5 Å². The van der Waals surface area contributed by atoms with Crippen LogP contribution in [0.1, 0.15) is 90.9 Å². The van der Waals surface area contributed by atoms with Gasteiger partial charge in [-0.15, -0.1) is 0 Å². The number of hydrogen-bond donors (Lipinski definition) is 4. The average Bonchev–Trinajstić information content (AvgIpc) is 2.94. The van der Waals surface area contributed by atoms with Gasteiger partial charge in [0.2, 0.25) is 0 Å². The molecule has 12 nitrogen and oxygen atoms in total. The summed E-state index contributed by atoms with van der Waals surface area (Å²) in [7, 11) is -5.04. The first-order valence-corrected chi connectivity index (χ1v) is 16.5. The molecule has 0 bridgehead atoms. The summed E-state index contributed by atoms with van der Waals surface area (Å²) in [6.07, 6.45) is 11.3. The van der Waals surface area contributed by atoms with Gasteiger partial charge in [0.05, 0.1) is 19.8 Å². The molecule has 13 heteroatoms. The van der Waals surface area contributed by atoms with Gasteiger partial charge in [0.15, 0.2) is 6.29 Å². The van der Waals surface area contributed by atoms with Crippen molar-refractivity contribution in [3.63, 3.8) is 0 Å². The molecule has 6 atom stereocenters. The van der Waals surface area contributed by atoms with E-state index in [0.717, 1.165) is 44.9 Å². The first kappa shape index (κ1) is 38.6. The second-order valence-corrected chi connectivity index (χ2v) is 11.4. The third-order valence-corrected chi connectivity index (χ3v) is 6.99. The molecule has 0 aromatic carbocycles. The molecule has 0 radical (unpaired) electrons. The molecule has 0 spiro atoms. The summed E-state index contributed by atoms with van der Waals surface area (Å²) >= 11 is 0. The van der Waals surface area contributed by atoms with Gasteiger partial charge in [-0.25, -0.2) is 4.18 Å². The van der Waals surface area contributed by atoms with Crippen LogP contribution in [0.3, 0.4) is 0 Å². The van der Waals surface area contributed by atoms with Crippen molar-refractivity contribution < 1.29 is 56.2 Å². The van der Waals surface area contributed by atoms with Crippen LogP contribution in [0.2, 0.25) is 0 Å². The van der Waals surface area contributed by atoms with Gasteiger partial charge >= 0.3 is 16.4 Å². The molecule has 1 rings (SSSR count). The Morgan fingerprint density at radius 1 is 0.905 bits per heavy atom. The highest BCUT2D eigenvalue weighted by atomic mass is 32.3. The Morgan fingerprint density at radius 3 is 2.21 bits per heavy atom. The number of aliphatic hydroxyl groups excluding tert-OH is 3. The van der Waals surface area contributed by atoms with Gasteiger partial charge in [-0.1, -0.05) is 70.3 Å². The van der Waals surface area contributed by atoms with Crippen molar-refractivity contribution in [1.29, 1.82) is 0 Å². The van der Waals surface area contributed by atoms with E-state index in [2.05, 4.69) is 35.4 Å². The Hall–Kier alpha value is -1.42. The Bertz CT molecular complexity index is 863. The van der Waals surface area contributed by atoms with Crippen molar-refractivity contribution in [3.8, 4) is 0 Å². The molecule has 0 amide bonds. The lowest BCUT2D eigenvalue weighted by Gasteiger charge is -2.41. The predicted octanol–water partition coefficient (Wildman–Crippen LogP) is 3.39. The number of ether oxygens (including phenoxy) is 4. The van der Waals surface area contributed by atoms with Gasteiger partial charge in [-0.3, -0.25) is 9.35 Å². The van der Waals surface area contributed by atoms with Crippen LogP contribution in [0, 0.1) is 0 Å². The predicted molar refractivity (Wildman–Crippen MR) is 156 cm³/mol. The van der Waals surface area contributed by atoms with E-state index >= 15 is 0 Å². The van der Waals surface area contributed by atoms with Gasteiger partial charge in [-0.05, 0) is 38.5 Å². The summed E-state index contributed by atoms with van der Waals surface area (Å²) in [6, 6.07) is 0. The van der Waals surface area contributed by atoms with Crippen molar-refractivity contribution >= 4 is 16.4 Å². The molecule has 1 aliphatic heterocycles. The van der Waals surface area contributed by atoms with Crippen LogP contribution < -0.4 is 0 Å². The van der Waals surface area contributed by atoms with Crippen LogP contribution in [-0.2, 0) is 38.3 Å². The van der Waals surface area contributed by atoms with Gasteiger partial charge in [0, 0.05) is 13.0 Å². The maximum Gasteiger partial charge on any atom is 0.397 e. The number of carbonyl (C=O) groups excluding carboxylic acids is 1. The highest BCUT2D eigenvalue weighted by molar-refractivity contribution is 7.80. The number of aliphatic hydroxyl groups is 3. The molecule has 6 unspecified atom stereocenters. The fraction of sp³-hybridized carbons (Fsp3) is 0.828. The zero-order valence-electron chi connectivity index (χ0n) is 25.1. The van der Waals surface area contributed by atoms with E-state index in [4.69, 9.17) is 23.5 Å². The fourth-order valence-electron chi connectivity index (χ4n) is 4.27. The van der Waals surface area contributed by atoms with Crippen LogP contribution >= 0.6 is 0 Å². The zero-order chi connectivity index (χ0) is 31.2. The maximum atomic E-state index is 12.1. The summed E-state index contributed by atoms with van der Waals surface area (Å²) in [5.41, 5.74) is 0. The molecular formula is C29H52O12S. The van der Waals surface area contributed by atoms with E-state index in [1.807, 2.05) is 6.92 Å². The molecule has 0 aromatic heterocycles. The van der Waals surface area contributed by atoms with Gasteiger partial charge in [-0.2, -0.15) is 8.42 Å². The van der Waals surface area contributed by atoms with E-state index in [0.29, 0.717) is 13.0 Å². The first-order valence-electron chi connectivity index (χ1n) is 15.1. The SMILES string of the molecule is CCC/C=C\C/C=C\CCCCCCCCOCC(COC1OC(CO)C(O)C(OS(=O)(=O)O)C1O)OC(=O)CCC. The third-order valence-electron chi connectivity index (χ3n) is 6.53. The van der Waals surface area contributed by atoms with Gasteiger partial charge < -0.3 is 34.3 Å². The Morgan fingerprint density at radius 2 is 1.57 bits per heavy atom. The molecule has 1 saturated heterocycles. The molecule has 0 saturated carbocycles. The Balaban J connectivity index is 2.40. The summed E-state index contributed by atoms with van der Waals surface area (Å²) in [5.74, 6) is -0.459. The van der Waals surface area contributed by atoms with E-state index in [1.165, 1.54) is 19.3 Å². The lowest BCUT2D eigenvalue weighted by Crippen LogP contribution is -2.60. The van der Waals surface area contributed by atoms with Crippen molar-refractivity contribution in [2.75, 3.05) is 26.4 Å². The molecule has 4 N–H and O–H groups in total. The van der Waals surface area contributed by atoms with Crippen molar-refractivity contribution in [2.24, 2.45) is 0 Å². The number of esters is 1. The summed E-state index contributed by atoms with van der Waals surface area (Å²) in [4.78, 5) is 12.1. The summed E-state index contributed by atoms with van der Waals surface area (Å²) < 4.78 is 57.7. The van der Waals surface area contributed by atoms with Crippen LogP contribution in [0.5, 0.6) is 0 Å². The number of allylic oxidation sites excluding steroid dienone is 4. The van der Waals surface area contributed by atoms with E-state index in [-0.39, 0.29) is 19.6 Å². The molecule has 42 heavy (non-hydrogen) atoms. The maximum absolute atomic E-state index is 12.1. The van der Waals surface area contributed by atoms with E-state index < -0.39 is 59.8 Å². The van der Waals surface area contributed by atoms with Crippen LogP contribution in [-0.4, -0.2) is 97.5 Å². The van der Waals surface area contributed by atoms with Crippen LogP contribution in [0.25, 0.3) is 0 Å². The molecule has 0 aromatic rings. The minimum Gasteiger partial charge on any atom is -0.457 e. The molecule has 1 fully saturated rings. The topological polar surface area (TPSA) is 178 Å². The monoisotopic (exact) mass is 624 g/mol. The van der Waals surface area contributed by atoms with E-state index in [9.17, 15) is 28.5 Å². The number of unbranched alkanes of at least 4 members (excludes halogenated alkanes) is 7. The summed E-state index contributed by atoms with van der Waals surface area (Å²) in [6.45, 7) is 3.46. The Kier molecular flexibility index (Phi) is 21.2. The highest BCUT2D eigenvalue weighted by Gasteiger charge is 2.48. The van der Waals surface area contributed by atoms with Crippen molar-refractivity contribution in [2.45, 2.75) is 128 Å². The normalized spacial score (nSPS) is 24.0.